The zero-order chi connectivity index (χ0) is 23.4. The summed E-state index contributed by atoms with van der Waals surface area (Å²) in [6.45, 7) is 3.14. The fourth-order valence-corrected chi connectivity index (χ4v) is 3.69. The minimum Gasteiger partial charge on any atom is -0.507 e. The predicted octanol–water partition coefficient (Wildman–Crippen LogP) is 2.78. The molecular weight excluding hydrogens is 412 g/mol. The van der Waals surface area contributed by atoms with Crippen LogP contribution in [0, 0.1) is 0 Å². The molecule has 2 aromatic carbocycles. The molecule has 0 radical (unpaired) electrons. The lowest BCUT2D eigenvalue weighted by atomic mass is 9.94. The maximum Gasteiger partial charge on any atom is 0.295 e. The zero-order valence-corrected chi connectivity index (χ0v) is 18.7. The number of ketones is 1. The van der Waals surface area contributed by atoms with E-state index in [2.05, 4.69) is 0 Å². The number of carbonyl (C=O) groups excluding carboxylic acids is 2. The standard InChI is InChI=1S/C24H28N2O6/c1-5-32-17-8-6-7-15(13-17)21-20(23(29)24(30)26(21)12-11-25(2)3)22(28)18-10-9-16(31-4)14-19(18)27/h6-10,13-14,21,27-28H,5,11-12H2,1-4H3/t21-/m1/s1. The van der Waals surface area contributed by atoms with Gasteiger partial charge in [0, 0.05) is 19.2 Å². The number of ether oxygens (including phenoxy) is 2. The van der Waals surface area contributed by atoms with Crippen LogP contribution in [0.5, 0.6) is 17.2 Å². The van der Waals surface area contributed by atoms with Crippen LogP contribution in [0.25, 0.3) is 5.76 Å². The Bertz CT molecular complexity index is 1050. The van der Waals surface area contributed by atoms with Crippen molar-refractivity contribution in [2.24, 2.45) is 0 Å². The van der Waals surface area contributed by atoms with Gasteiger partial charge in [-0.2, -0.15) is 0 Å². The van der Waals surface area contributed by atoms with Gasteiger partial charge in [-0.25, -0.2) is 0 Å². The van der Waals surface area contributed by atoms with Gasteiger partial charge in [0.25, 0.3) is 11.7 Å². The third kappa shape index (κ3) is 4.55. The molecule has 0 aromatic heterocycles. The quantitative estimate of drug-likeness (QED) is 0.370. The molecule has 8 nitrogen and oxygen atoms in total. The number of aromatic hydroxyl groups is 1. The van der Waals surface area contributed by atoms with Gasteiger partial charge < -0.3 is 29.5 Å². The van der Waals surface area contributed by atoms with Crippen molar-refractivity contribution in [3.05, 3.63) is 59.2 Å². The molecule has 1 heterocycles. The summed E-state index contributed by atoms with van der Waals surface area (Å²) in [7, 11) is 5.20. The van der Waals surface area contributed by atoms with Crippen molar-refractivity contribution < 1.29 is 29.3 Å². The molecule has 1 aliphatic rings. The lowest BCUT2D eigenvalue weighted by Gasteiger charge is -2.27. The highest BCUT2D eigenvalue weighted by Crippen LogP contribution is 2.41. The Morgan fingerprint density at radius 3 is 2.50 bits per heavy atom. The van der Waals surface area contributed by atoms with Gasteiger partial charge in [0.1, 0.15) is 23.0 Å². The first-order chi connectivity index (χ1) is 15.3. The number of rotatable bonds is 8. The van der Waals surface area contributed by atoms with E-state index in [0.29, 0.717) is 30.2 Å². The van der Waals surface area contributed by atoms with Crippen LogP contribution in [-0.2, 0) is 9.59 Å². The lowest BCUT2D eigenvalue weighted by molar-refractivity contribution is -0.140. The number of aliphatic hydroxyl groups is 1. The van der Waals surface area contributed by atoms with Gasteiger partial charge in [0.15, 0.2) is 0 Å². The van der Waals surface area contributed by atoms with Gasteiger partial charge in [-0.1, -0.05) is 12.1 Å². The van der Waals surface area contributed by atoms with E-state index in [9.17, 15) is 19.8 Å². The van der Waals surface area contributed by atoms with E-state index >= 15 is 0 Å². The lowest BCUT2D eigenvalue weighted by Crippen LogP contribution is -2.35. The topological polar surface area (TPSA) is 99.5 Å². The number of nitrogens with zero attached hydrogens (tertiary/aromatic N) is 2. The number of carbonyl (C=O) groups is 2. The summed E-state index contributed by atoms with van der Waals surface area (Å²) in [5.41, 5.74) is 0.591. The van der Waals surface area contributed by atoms with Crippen LogP contribution in [0.1, 0.15) is 24.1 Å². The molecule has 3 rings (SSSR count). The average molecular weight is 440 g/mol. The summed E-state index contributed by atoms with van der Waals surface area (Å²) >= 11 is 0. The summed E-state index contributed by atoms with van der Waals surface area (Å²) in [6.07, 6.45) is 0. The van der Waals surface area contributed by atoms with Crippen molar-refractivity contribution in [3.8, 4) is 17.2 Å². The van der Waals surface area contributed by atoms with Crippen LogP contribution in [0.15, 0.2) is 48.0 Å². The van der Waals surface area contributed by atoms with Crippen molar-refractivity contribution in [2.45, 2.75) is 13.0 Å². The Labute approximate surface area is 187 Å². The first-order valence-electron chi connectivity index (χ1n) is 10.3. The van der Waals surface area contributed by atoms with Gasteiger partial charge in [-0.05, 0) is 50.8 Å². The maximum absolute atomic E-state index is 13.0. The van der Waals surface area contributed by atoms with Crippen molar-refractivity contribution in [1.82, 2.24) is 9.80 Å². The molecule has 2 aromatic rings. The number of likely N-dealkylation sites (N-methyl/N-ethyl adjacent to an activating group) is 1. The number of Topliss-reactive ketones (excluding diaryl/α,β-unsaturated/α-hetero) is 1. The zero-order valence-electron chi connectivity index (χ0n) is 18.7. The number of hydrogen-bond acceptors (Lipinski definition) is 7. The molecule has 0 unspecified atom stereocenters. The molecule has 0 aliphatic carbocycles. The van der Waals surface area contributed by atoms with Crippen LogP contribution in [0.4, 0.5) is 0 Å². The molecule has 1 atom stereocenters. The normalized spacial score (nSPS) is 17.8. The third-order valence-electron chi connectivity index (χ3n) is 5.27. The molecular formula is C24H28N2O6. The molecule has 170 valence electrons. The highest BCUT2D eigenvalue weighted by Gasteiger charge is 2.46. The van der Waals surface area contributed by atoms with Gasteiger partial charge >= 0.3 is 0 Å². The second-order valence-electron chi connectivity index (χ2n) is 7.68. The van der Waals surface area contributed by atoms with Crippen molar-refractivity contribution in [2.75, 3.05) is 40.9 Å². The summed E-state index contributed by atoms with van der Waals surface area (Å²) in [5.74, 6) is -1.22. The second kappa shape index (κ2) is 9.74. The van der Waals surface area contributed by atoms with Crippen LogP contribution in [0.2, 0.25) is 0 Å². The largest absolute Gasteiger partial charge is 0.507 e. The SMILES string of the molecule is CCOc1cccc([C@@H]2C(=C(O)c3ccc(OC)cc3O)C(=O)C(=O)N2CCN(C)C)c1. The fourth-order valence-electron chi connectivity index (χ4n) is 3.69. The number of likely N-dealkylation sites (tertiary alicyclic amines) is 1. The second-order valence-corrected chi connectivity index (χ2v) is 7.68. The van der Waals surface area contributed by atoms with E-state index in [-0.39, 0.29) is 23.4 Å². The van der Waals surface area contributed by atoms with E-state index < -0.39 is 23.5 Å². The number of phenols is 1. The van der Waals surface area contributed by atoms with Crippen LogP contribution < -0.4 is 9.47 Å². The van der Waals surface area contributed by atoms with Crippen LogP contribution >= 0.6 is 0 Å². The van der Waals surface area contributed by atoms with E-state index in [1.165, 1.54) is 24.1 Å². The Balaban J connectivity index is 2.17. The number of phenolic OH excluding ortho intramolecular Hbond substituents is 1. The van der Waals surface area contributed by atoms with Crippen LogP contribution in [-0.4, -0.2) is 72.6 Å². The average Bonchev–Trinajstić information content (AvgIpc) is 3.02. The smallest absolute Gasteiger partial charge is 0.295 e. The van der Waals surface area contributed by atoms with E-state index in [1.807, 2.05) is 25.9 Å². The molecule has 0 spiro atoms. The summed E-state index contributed by atoms with van der Waals surface area (Å²) in [4.78, 5) is 29.3. The molecule has 0 bridgehead atoms. The molecule has 32 heavy (non-hydrogen) atoms. The Hall–Kier alpha value is -3.52. The Kier molecular flexibility index (Phi) is 7.05. The summed E-state index contributed by atoms with van der Waals surface area (Å²) in [5, 5.41) is 21.5. The number of hydrogen-bond donors (Lipinski definition) is 2. The van der Waals surface area contributed by atoms with Crippen molar-refractivity contribution in [3.63, 3.8) is 0 Å². The summed E-state index contributed by atoms with van der Waals surface area (Å²) < 4.78 is 10.7. The molecule has 1 fully saturated rings. The van der Waals surface area contributed by atoms with Gasteiger partial charge in [0.05, 0.1) is 30.9 Å². The molecule has 2 N–H and O–H groups in total. The monoisotopic (exact) mass is 440 g/mol. The van der Waals surface area contributed by atoms with Crippen molar-refractivity contribution in [1.29, 1.82) is 0 Å². The maximum atomic E-state index is 13.0. The number of methoxy groups -OCH3 is 1. The molecule has 8 heteroatoms. The highest BCUT2D eigenvalue weighted by atomic mass is 16.5. The van der Waals surface area contributed by atoms with E-state index in [0.717, 1.165) is 0 Å². The predicted molar refractivity (Wildman–Crippen MR) is 120 cm³/mol. The first kappa shape index (κ1) is 23.1. The highest BCUT2D eigenvalue weighted by molar-refractivity contribution is 6.46. The molecule has 1 saturated heterocycles. The van der Waals surface area contributed by atoms with Gasteiger partial charge in [-0.3, -0.25) is 9.59 Å². The van der Waals surface area contributed by atoms with Crippen LogP contribution in [0.3, 0.4) is 0 Å². The van der Waals surface area contributed by atoms with E-state index in [1.54, 1.807) is 30.3 Å². The first-order valence-corrected chi connectivity index (χ1v) is 10.3. The minimum atomic E-state index is -0.822. The molecule has 1 aliphatic heterocycles. The molecule has 1 amide bonds. The fraction of sp³-hybridized carbons (Fsp3) is 0.333. The number of amides is 1. The molecule has 0 saturated carbocycles. The number of benzene rings is 2. The van der Waals surface area contributed by atoms with Gasteiger partial charge in [0.2, 0.25) is 0 Å². The third-order valence-corrected chi connectivity index (χ3v) is 5.27. The Morgan fingerprint density at radius 2 is 1.88 bits per heavy atom. The van der Waals surface area contributed by atoms with E-state index in [4.69, 9.17) is 9.47 Å². The van der Waals surface area contributed by atoms with Gasteiger partial charge in [-0.15, -0.1) is 0 Å². The van der Waals surface area contributed by atoms with Crippen molar-refractivity contribution >= 4 is 17.4 Å². The summed E-state index contributed by atoms with van der Waals surface area (Å²) in [6, 6.07) is 10.6. The minimum absolute atomic E-state index is 0.0439. The Morgan fingerprint density at radius 1 is 1.12 bits per heavy atom. The number of aliphatic hydroxyl groups excluding tert-OH is 1.